The molecule has 1 aliphatic heterocycles. The lowest BCUT2D eigenvalue weighted by atomic mass is 10.1. The number of halogens is 2. The van der Waals surface area contributed by atoms with Crippen LogP contribution in [0.25, 0.3) is 0 Å². The Balaban J connectivity index is 0.000000459. The number of hydrogen-bond donors (Lipinski definition) is 1. The van der Waals surface area contributed by atoms with Gasteiger partial charge in [0.15, 0.2) is 0 Å². The summed E-state index contributed by atoms with van der Waals surface area (Å²) in [5.74, 6) is -3.12. The van der Waals surface area contributed by atoms with E-state index in [2.05, 4.69) is 4.90 Å². The summed E-state index contributed by atoms with van der Waals surface area (Å²) < 4.78 is 25.7. The molecule has 2 unspecified atom stereocenters. The minimum atomic E-state index is -2.37. The van der Waals surface area contributed by atoms with Crippen molar-refractivity contribution in [2.45, 2.75) is 40.0 Å². The average molecular weight is 249 g/mol. The maximum Gasteiger partial charge on any atom is 0.257 e. The van der Waals surface area contributed by atoms with Gasteiger partial charge in [-0.05, 0) is 12.8 Å². The molecule has 0 bridgehead atoms. The van der Waals surface area contributed by atoms with Gasteiger partial charge in [-0.2, -0.15) is 0 Å². The Morgan fingerprint density at radius 1 is 1.18 bits per heavy atom. The summed E-state index contributed by atoms with van der Waals surface area (Å²) in [4.78, 5) is 2.11. The standard InChI is InChI=1S/C10H15F2NO.C2H6.CH4/c11-10(12)7-3-13(4-8(7)10)5-9(6-14)1-2-9;1-2;/h7-8,14H,1-6H2;1-2H3;1H4. The number of likely N-dealkylation sites (tertiary alicyclic amines) is 1. The molecule has 2 aliphatic carbocycles. The minimum Gasteiger partial charge on any atom is -0.396 e. The highest BCUT2D eigenvalue weighted by molar-refractivity contribution is 5.13. The third kappa shape index (κ3) is 2.48. The molecule has 0 aromatic heterocycles. The zero-order chi connectivity index (χ0) is 12.0. The highest BCUT2D eigenvalue weighted by Gasteiger charge is 2.71. The van der Waals surface area contributed by atoms with E-state index in [1.165, 1.54) is 0 Å². The molecule has 1 saturated heterocycles. The number of rotatable bonds is 3. The topological polar surface area (TPSA) is 23.5 Å². The summed E-state index contributed by atoms with van der Waals surface area (Å²) in [5, 5.41) is 9.12. The van der Waals surface area contributed by atoms with Crippen molar-refractivity contribution in [2.24, 2.45) is 17.3 Å². The van der Waals surface area contributed by atoms with Gasteiger partial charge in [-0.3, -0.25) is 0 Å². The summed E-state index contributed by atoms with van der Waals surface area (Å²) in [6.07, 6.45) is 2.12. The van der Waals surface area contributed by atoms with Gasteiger partial charge in [-0.25, -0.2) is 8.78 Å². The number of aliphatic hydroxyl groups excluding tert-OH is 1. The van der Waals surface area contributed by atoms with Gasteiger partial charge in [0.1, 0.15) is 0 Å². The molecular weight excluding hydrogens is 224 g/mol. The molecule has 3 aliphatic rings. The molecule has 0 radical (unpaired) electrons. The Morgan fingerprint density at radius 2 is 1.65 bits per heavy atom. The lowest BCUT2D eigenvalue weighted by Gasteiger charge is -2.23. The maximum atomic E-state index is 12.9. The summed E-state index contributed by atoms with van der Waals surface area (Å²) in [6, 6.07) is 0. The van der Waals surface area contributed by atoms with Crippen LogP contribution in [0.3, 0.4) is 0 Å². The number of hydrogen-bond acceptors (Lipinski definition) is 2. The molecule has 3 rings (SSSR count). The van der Waals surface area contributed by atoms with E-state index in [-0.39, 0.29) is 31.3 Å². The smallest absolute Gasteiger partial charge is 0.257 e. The molecule has 17 heavy (non-hydrogen) atoms. The molecule has 1 N–H and O–H groups in total. The molecule has 2 atom stereocenters. The van der Waals surface area contributed by atoms with Gasteiger partial charge in [0, 0.05) is 43.5 Å². The third-order valence-corrected chi connectivity index (χ3v) is 4.13. The highest BCUT2D eigenvalue weighted by Crippen LogP contribution is 2.60. The zero-order valence-corrected chi connectivity index (χ0v) is 10.0. The van der Waals surface area contributed by atoms with Gasteiger partial charge >= 0.3 is 0 Å². The highest BCUT2D eigenvalue weighted by atomic mass is 19.3. The molecule has 1 heterocycles. The normalized spacial score (nSPS) is 35.1. The zero-order valence-electron chi connectivity index (χ0n) is 10.0. The van der Waals surface area contributed by atoms with Crippen molar-refractivity contribution in [3.05, 3.63) is 0 Å². The second kappa shape index (κ2) is 4.81. The lowest BCUT2D eigenvalue weighted by molar-refractivity contribution is 0.0454. The van der Waals surface area contributed by atoms with Crippen LogP contribution in [0.2, 0.25) is 0 Å². The van der Waals surface area contributed by atoms with E-state index >= 15 is 0 Å². The molecule has 102 valence electrons. The third-order valence-electron chi connectivity index (χ3n) is 4.13. The second-order valence-electron chi connectivity index (χ2n) is 5.24. The number of nitrogens with zero attached hydrogens (tertiary/aromatic N) is 1. The quantitative estimate of drug-likeness (QED) is 0.831. The Kier molecular flexibility index (Phi) is 4.20. The van der Waals surface area contributed by atoms with E-state index in [0.29, 0.717) is 13.1 Å². The first-order valence-electron chi connectivity index (χ1n) is 6.28. The molecule has 2 nitrogen and oxygen atoms in total. The first-order valence-corrected chi connectivity index (χ1v) is 6.28. The van der Waals surface area contributed by atoms with Crippen molar-refractivity contribution >= 4 is 0 Å². The van der Waals surface area contributed by atoms with Gasteiger partial charge in [-0.15, -0.1) is 0 Å². The van der Waals surface area contributed by atoms with Crippen LogP contribution in [0.1, 0.15) is 34.1 Å². The van der Waals surface area contributed by atoms with Crippen LogP contribution in [0.5, 0.6) is 0 Å². The molecule has 3 fully saturated rings. The Bertz CT molecular complexity index is 252. The van der Waals surface area contributed by atoms with Crippen LogP contribution in [-0.4, -0.2) is 42.2 Å². The van der Waals surface area contributed by atoms with Crippen LogP contribution in [0, 0.1) is 17.3 Å². The van der Waals surface area contributed by atoms with Crippen LogP contribution >= 0.6 is 0 Å². The average Bonchev–Trinajstić information content (AvgIpc) is 3.06. The molecule has 0 aromatic carbocycles. The predicted molar refractivity (Wildman–Crippen MR) is 65.2 cm³/mol. The first-order chi connectivity index (χ1) is 7.57. The van der Waals surface area contributed by atoms with Crippen LogP contribution in [0.15, 0.2) is 0 Å². The van der Waals surface area contributed by atoms with E-state index in [0.717, 1.165) is 19.4 Å². The Morgan fingerprint density at radius 3 is 2.00 bits per heavy atom. The minimum absolute atomic E-state index is 0. The lowest BCUT2D eigenvalue weighted by Crippen LogP contribution is -2.34. The predicted octanol–water partition coefficient (Wildman–Crippen LogP) is 2.62. The van der Waals surface area contributed by atoms with Gasteiger partial charge in [0.05, 0.1) is 0 Å². The van der Waals surface area contributed by atoms with Crippen molar-refractivity contribution in [3.8, 4) is 0 Å². The molecular formula is C13H25F2NO. The van der Waals surface area contributed by atoms with Gasteiger partial charge in [0.2, 0.25) is 0 Å². The maximum absolute atomic E-state index is 12.9. The summed E-state index contributed by atoms with van der Waals surface area (Å²) >= 11 is 0. The van der Waals surface area contributed by atoms with Crippen LogP contribution in [-0.2, 0) is 0 Å². The van der Waals surface area contributed by atoms with Crippen molar-refractivity contribution in [1.29, 1.82) is 0 Å². The summed E-state index contributed by atoms with van der Waals surface area (Å²) in [5.41, 5.74) is 0.0755. The van der Waals surface area contributed by atoms with Crippen molar-refractivity contribution in [3.63, 3.8) is 0 Å². The summed E-state index contributed by atoms with van der Waals surface area (Å²) in [6.45, 7) is 6.13. The number of alkyl halides is 2. The number of piperidine rings is 1. The van der Waals surface area contributed by atoms with Gasteiger partial charge in [-0.1, -0.05) is 21.3 Å². The summed E-state index contributed by atoms with van der Waals surface area (Å²) in [7, 11) is 0. The van der Waals surface area contributed by atoms with Gasteiger partial charge in [0.25, 0.3) is 5.92 Å². The number of fused-ring (bicyclic) bond motifs is 1. The first kappa shape index (κ1) is 14.8. The van der Waals surface area contributed by atoms with Crippen LogP contribution < -0.4 is 0 Å². The fourth-order valence-corrected chi connectivity index (χ4v) is 2.74. The Hall–Kier alpha value is -0.220. The van der Waals surface area contributed by atoms with E-state index in [4.69, 9.17) is 5.11 Å². The van der Waals surface area contributed by atoms with Crippen molar-refractivity contribution in [2.75, 3.05) is 26.2 Å². The molecule has 0 aromatic rings. The Labute approximate surface area is 103 Å². The van der Waals surface area contributed by atoms with E-state index in [1.807, 2.05) is 13.8 Å². The van der Waals surface area contributed by atoms with E-state index < -0.39 is 5.92 Å². The largest absolute Gasteiger partial charge is 0.396 e. The SMILES string of the molecule is C.CC.OCC1(CN2CC3C(C2)C3(F)F)CC1. The molecule has 4 heteroatoms. The number of aliphatic hydroxyl groups is 1. The van der Waals surface area contributed by atoms with Crippen LogP contribution in [0.4, 0.5) is 8.78 Å². The fourth-order valence-electron chi connectivity index (χ4n) is 2.74. The second-order valence-corrected chi connectivity index (χ2v) is 5.24. The van der Waals surface area contributed by atoms with E-state index in [9.17, 15) is 8.78 Å². The van der Waals surface area contributed by atoms with Gasteiger partial charge < -0.3 is 10.0 Å². The molecule has 0 spiro atoms. The molecule has 2 saturated carbocycles. The molecule has 0 amide bonds. The van der Waals surface area contributed by atoms with E-state index in [1.54, 1.807) is 0 Å². The van der Waals surface area contributed by atoms with Crippen molar-refractivity contribution in [1.82, 2.24) is 4.90 Å². The monoisotopic (exact) mass is 249 g/mol. The fraction of sp³-hybridized carbons (Fsp3) is 1.00. The van der Waals surface area contributed by atoms with Crippen molar-refractivity contribution < 1.29 is 13.9 Å².